The molecule has 3 aromatic carbocycles. The second-order valence-corrected chi connectivity index (χ2v) is 8.23. The fraction of sp³-hybridized carbons (Fsp3) is 0.0833. The van der Waals surface area contributed by atoms with Crippen molar-refractivity contribution in [3.8, 4) is 0 Å². The average Bonchev–Trinajstić information content (AvgIpc) is 3.23. The predicted octanol–water partition coefficient (Wildman–Crippen LogP) is 3.41. The minimum Gasteiger partial charge on any atom is -0.345 e. The lowest BCUT2D eigenvalue weighted by Crippen LogP contribution is -2.42. The Morgan fingerprint density at radius 1 is 0.973 bits per heavy atom. The van der Waals surface area contributed by atoms with Crippen LogP contribution in [0.15, 0.2) is 77.9 Å². The topological polar surface area (TPSA) is 165 Å². The van der Waals surface area contributed by atoms with Crippen molar-refractivity contribution in [2.45, 2.75) is 6.54 Å². The highest BCUT2D eigenvalue weighted by molar-refractivity contribution is 6.49. The van der Waals surface area contributed by atoms with Crippen molar-refractivity contribution in [1.82, 2.24) is 5.32 Å². The quantitative estimate of drug-likeness (QED) is 0.205. The summed E-state index contributed by atoms with van der Waals surface area (Å²) in [6.45, 7) is -0.0403. The molecule has 4 rings (SSSR count). The monoisotopic (exact) mass is 521 g/mol. The summed E-state index contributed by atoms with van der Waals surface area (Å²) in [5, 5.41) is 30.4. The number of halogens is 1. The number of rotatable bonds is 8. The van der Waals surface area contributed by atoms with Gasteiger partial charge >= 0.3 is 5.69 Å². The second kappa shape index (κ2) is 10.3. The van der Waals surface area contributed by atoms with E-state index in [1.807, 2.05) is 0 Å². The molecule has 0 saturated heterocycles. The summed E-state index contributed by atoms with van der Waals surface area (Å²) in [5.74, 6) is -4.90. The number of nitro groups is 2. The number of nitrogens with one attached hydrogen (secondary N) is 1. The molecule has 1 N–H and O–H groups in total. The van der Waals surface area contributed by atoms with E-state index >= 15 is 0 Å². The first-order valence-corrected chi connectivity index (χ1v) is 11.0. The molecule has 2 amide bonds. The zero-order chi connectivity index (χ0) is 26.7. The van der Waals surface area contributed by atoms with Crippen molar-refractivity contribution >= 4 is 52.0 Å². The van der Waals surface area contributed by atoms with Gasteiger partial charge in [-0.25, -0.2) is 0 Å². The minimum atomic E-state index is -1.70. The van der Waals surface area contributed by atoms with Gasteiger partial charge < -0.3 is 5.32 Å². The van der Waals surface area contributed by atoms with Gasteiger partial charge in [0.15, 0.2) is 5.92 Å². The molecule has 1 aliphatic rings. The van der Waals surface area contributed by atoms with Gasteiger partial charge in [-0.3, -0.25) is 34.6 Å². The Balaban J connectivity index is 1.69. The number of carbonyl (C=O) groups excluding carboxylic acids is 3. The zero-order valence-electron chi connectivity index (χ0n) is 18.7. The summed E-state index contributed by atoms with van der Waals surface area (Å²) in [4.78, 5) is 60.3. The van der Waals surface area contributed by atoms with Gasteiger partial charge in [-0.1, -0.05) is 54.1 Å². The van der Waals surface area contributed by atoms with Gasteiger partial charge in [-0.05, 0) is 29.3 Å². The molecule has 0 bridgehead atoms. The molecular formula is C24H16ClN5O7. The maximum Gasteiger partial charge on any atom is 0.301 e. The molecule has 1 atom stereocenters. The lowest BCUT2D eigenvalue weighted by Gasteiger charge is -2.14. The number of anilines is 1. The van der Waals surface area contributed by atoms with Crippen molar-refractivity contribution in [3.05, 3.63) is 109 Å². The lowest BCUT2D eigenvalue weighted by atomic mass is 9.92. The molecular weight excluding hydrogens is 506 g/mol. The molecule has 1 heterocycles. The Bertz CT molecular complexity index is 1480. The number of non-ortho nitro benzene ring substituents is 1. The van der Waals surface area contributed by atoms with Crippen LogP contribution in [0.1, 0.15) is 11.1 Å². The lowest BCUT2D eigenvalue weighted by molar-refractivity contribution is -0.393. The second-order valence-electron chi connectivity index (χ2n) is 7.80. The number of carbonyl (C=O) groups is 3. The highest BCUT2D eigenvalue weighted by Gasteiger charge is 2.46. The van der Waals surface area contributed by atoms with Crippen LogP contribution >= 0.6 is 11.6 Å². The summed E-state index contributed by atoms with van der Waals surface area (Å²) in [7, 11) is 0. The molecule has 1 aliphatic heterocycles. The van der Waals surface area contributed by atoms with E-state index in [0.29, 0.717) is 27.2 Å². The molecule has 13 heteroatoms. The van der Waals surface area contributed by atoms with Gasteiger partial charge in [0.2, 0.25) is 5.78 Å². The minimum absolute atomic E-state index is 0.0403. The molecule has 12 nitrogen and oxygen atoms in total. The van der Waals surface area contributed by atoms with Gasteiger partial charge in [-0.2, -0.15) is 10.1 Å². The Hall–Kier alpha value is -4.97. The van der Waals surface area contributed by atoms with Crippen LogP contribution < -0.4 is 10.3 Å². The SMILES string of the molecule is O=C(NCc1cccc(Cl)c1)C(=O)[C@H]1C(=O)N(c2ccc([N+](=O)[O-])cc2[N+](=O)[O-])N=C1c1ccccc1. The Morgan fingerprint density at radius 2 is 1.70 bits per heavy atom. The molecule has 0 spiro atoms. The average molecular weight is 522 g/mol. The van der Waals surface area contributed by atoms with Crippen molar-refractivity contribution in [1.29, 1.82) is 0 Å². The first-order valence-electron chi connectivity index (χ1n) is 10.6. The van der Waals surface area contributed by atoms with Crippen molar-refractivity contribution in [2.24, 2.45) is 11.0 Å². The molecule has 3 aromatic rings. The van der Waals surface area contributed by atoms with E-state index in [9.17, 15) is 34.6 Å². The normalized spacial score (nSPS) is 14.7. The molecule has 186 valence electrons. The first kappa shape index (κ1) is 25.1. The number of hydrazone groups is 1. The standard InChI is InChI=1S/C24H16ClN5O7/c25-16-8-4-5-14(11-16)13-26-23(32)22(31)20-21(15-6-2-1-3-7-15)27-28(24(20)33)18-10-9-17(29(34)35)12-19(18)30(36)37/h1-12,20H,13H2,(H,26,32)/t20-/m0/s1. The van der Waals surface area contributed by atoms with Crippen LogP contribution in [0.4, 0.5) is 17.1 Å². The number of nitrogens with zero attached hydrogens (tertiary/aromatic N) is 4. The molecule has 0 radical (unpaired) electrons. The van der Waals surface area contributed by atoms with Crippen LogP contribution in [0.3, 0.4) is 0 Å². The molecule has 0 unspecified atom stereocenters. The third-order valence-electron chi connectivity index (χ3n) is 5.43. The molecule has 0 saturated carbocycles. The molecule has 37 heavy (non-hydrogen) atoms. The number of Topliss-reactive ketones (excluding diaryl/α,β-unsaturated/α-hetero) is 1. The number of amides is 2. The first-order chi connectivity index (χ1) is 17.7. The van der Waals surface area contributed by atoms with Crippen LogP contribution in [0.5, 0.6) is 0 Å². The third kappa shape index (κ3) is 5.18. The Morgan fingerprint density at radius 3 is 2.35 bits per heavy atom. The van der Waals surface area contributed by atoms with Crippen LogP contribution in [-0.2, 0) is 20.9 Å². The summed E-state index contributed by atoms with van der Waals surface area (Å²) < 4.78 is 0. The third-order valence-corrected chi connectivity index (χ3v) is 5.66. The van der Waals surface area contributed by atoms with Crippen LogP contribution in [0, 0.1) is 26.1 Å². The van der Waals surface area contributed by atoms with E-state index in [-0.39, 0.29) is 17.9 Å². The highest BCUT2D eigenvalue weighted by atomic mass is 35.5. The van der Waals surface area contributed by atoms with Crippen molar-refractivity contribution in [3.63, 3.8) is 0 Å². The molecule has 0 aromatic heterocycles. The van der Waals surface area contributed by atoms with E-state index in [2.05, 4.69) is 10.4 Å². The number of hydrogen-bond acceptors (Lipinski definition) is 8. The number of ketones is 1. The maximum absolute atomic E-state index is 13.4. The zero-order valence-corrected chi connectivity index (χ0v) is 19.5. The van der Waals surface area contributed by atoms with Gasteiger partial charge in [-0.15, -0.1) is 0 Å². The summed E-state index contributed by atoms with van der Waals surface area (Å²) >= 11 is 5.94. The fourth-order valence-corrected chi connectivity index (χ4v) is 3.91. The number of nitro benzene ring substituents is 2. The maximum atomic E-state index is 13.4. The van der Waals surface area contributed by atoms with Crippen molar-refractivity contribution in [2.75, 3.05) is 5.01 Å². The van der Waals surface area contributed by atoms with Crippen LogP contribution in [-0.4, -0.2) is 33.2 Å². The summed E-state index contributed by atoms with van der Waals surface area (Å²) in [6, 6.07) is 17.3. The van der Waals surface area contributed by atoms with Gasteiger partial charge in [0.05, 0.1) is 21.6 Å². The number of benzene rings is 3. The van der Waals surface area contributed by atoms with E-state index in [4.69, 9.17) is 11.6 Å². The summed E-state index contributed by atoms with van der Waals surface area (Å²) in [5.41, 5.74) is -0.861. The molecule has 0 aliphatic carbocycles. The predicted molar refractivity (Wildman–Crippen MR) is 132 cm³/mol. The Kier molecular flexibility index (Phi) is 7.02. The van der Waals surface area contributed by atoms with E-state index in [1.165, 1.54) is 0 Å². The van der Waals surface area contributed by atoms with Gasteiger partial charge in [0.1, 0.15) is 5.69 Å². The smallest absolute Gasteiger partial charge is 0.301 e. The van der Waals surface area contributed by atoms with E-state index in [1.54, 1.807) is 54.6 Å². The fourth-order valence-electron chi connectivity index (χ4n) is 3.69. The van der Waals surface area contributed by atoms with E-state index in [0.717, 1.165) is 12.1 Å². The molecule has 0 fully saturated rings. The van der Waals surface area contributed by atoms with E-state index < -0.39 is 44.7 Å². The van der Waals surface area contributed by atoms with Crippen molar-refractivity contribution < 1.29 is 24.2 Å². The van der Waals surface area contributed by atoms with Gasteiger partial charge in [0.25, 0.3) is 17.5 Å². The highest BCUT2D eigenvalue weighted by Crippen LogP contribution is 2.36. The van der Waals surface area contributed by atoms with Gasteiger partial charge in [0, 0.05) is 17.6 Å². The Labute approximate surface area is 213 Å². The van der Waals surface area contributed by atoms with Crippen LogP contribution in [0.25, 0.3) is 0 Å². The van der Waals surface area contributed by atoms with Crippen LogP contribution in [0.2, 0.25) is 5.02 Å². The number of hydrogen-bond donors (Lipinski definition) is 1. The largest absolute Gasteiger partial charge is 0.345 e. The summed E-state index contributed by atoms with van der Waals surface area (Å²) in [6.07, 6.45) is 0.